The van der Waals surface area contributed by atoms with Gasteiger partial charge < -0.3 is 4.98 Å². The lowest BCUT2D eigenvalue weighted by molar-refractivity contribution is -0.121. The number of aromatic nitrogens is 1. The van der Waals surface area contributed by atoms with Crippen molar-refractivity contribution in [3.63, 3.8) is 0 Å². The zero-order valence-electron chi connectivity index (χ0n) is 15.4. The molecule has 6 heteroatoms. The van der Waals surface area contributed by atoms with Crippen molar-refractivity contribution in [3.8, 4) is 0 Å². The van der Waals surface area contributed by atoms with Gasteiger partial charge in [0, 0.05) is 35.5 Å². The van der Waals surface area contributed by atoms with Crippen LogP contribution in [0.5, 0.6) is 0 Å². The molecule has 28 heavy (non-hydrogen) atoms. The Labute approximate surface area is 162 Å². The second-order valence-electron chi connectivity index (χ2n) is 7.01. The minimum absolute atomic E-state index is 0.0179. The minimum Gasteiger partial charge on any atom is -0.360 e. The summed E-state index contributed by atoms with van der Waals surface area (Å²) in [5.41, 5.74) is 9.28. The smallest absolute Gasteiger partial charge is 0.271 e. The molecule has 0 radical (unpaired) electrons. The van der Waals surface area contributed by atoms with Crippen LogP contribution in [0.2, 0.25) is 0 Å². The Morgan fingerprint density at radius 3 is 2.64 bits per heavy atom. The molecule has 1 heterocycles. The van der Waals surface area contributed by atoms with E-state index in [2.05, 4.69) is 15.8 Å². The van der Waals surface area contributed by atoms with Gasteiger partial charge in [0.25, 0.3) is 5.91 Å². The first-order valence-electron chi connectivity index (χ1n) is 9.42. The van der Waals surface area contributed by atoms with Crippen molar-refractivity contribution in [2.45, 2.75) is 32.1 Å². The van der Waals surface area contributed by atoms with Crippen LogP contribution in [-0.2, 0) is 17.6 Å². The van der Waals surface area contributed by atoms with Crippen molar-refractivity contribution in [1.29, 1.82) is 0 Å². The normalized spacial score (nSPS) is 12.6. The molecule has 6 nitrogen and oxygen atoms in total. The van der Waals surface area contributed by atoms with Gasteiger partial charge in [-0.05, 0) is 42.5 Å². The number of carbonyl (C=O) groups is 3. The number of amides is 2. The van der Waals surface area contributed by atoms with Crippen LogP contribution in [0.25, 0.3) is 10.9 Å². The average Bonchev–Trinajstić information content (AvgIpc) is 3.36. The van der Waals surface area contributed by atoms with E-state index in [0.717, 1.165) is 30.2 Å². The standard InChI is InChI=1S/C22H21N3O3/c26-20(16-9-8-14-4-3-5-15(14)12-16)10-11-21(27)24-25-22(28)18-13-23-19-7-2-1-6-17(18)19/h1-2,6-9,12-13,23H,3-5,10-11H2,(H,24,27)(H,25,28). The van der Waals surface area contributed by atoms with Crippen LogP contribution < -0.4 is 10.9 Å². The van der Waals surface area contributed by atoms with Gasteiger partial charge in [0.05, 0.1) is 5.56 Å². The van der Waals surface area contributed by atoms with Crippen molar-refractivity contribution >= 4 is 28.5 Å². The molecule has 1 aliphatic carbocycles. The molecule has 3 N–H and O–H groups in total. The summed E-state index contributed by atoms with van der Waals surface area (Å²) in [6.45, 7) is 0. The van der Waals surface area contributed by atoms with Gasteiger partial charge in [-0.1, -0.05) is 30.3 Å². The topological polar surface area (TPSA) is 91.1 Å². The number of ketones is 1. The van der Waals surface area contributed by atoms with Crippen LogP contribution in [0.15, 0.2) is 48.7 Å². The highest BCUT2D eigenvalue weighted by Gasteiger charge is 2.16. The molecule has 0 unspecified atom stereocenters. The molecule has 0 saturated carbocycles. The Kier molecular flexibility index (Phi) is 4.93. The van der Waals surface area contributed by atoms with E-state index in [1.165, 1.54) is 11.1 Å². The van der Waals surface area contributed by atoms with E-state index < -0.39 is 11.8 Å². The summed E-state index contributed by atoms with van der Waals surface area (Å²) in [6.07, 6.45) is 4.94. The first-order valence-corrected chi connectivity index (χ1v) is 9.42. The fraction of sp³-hybridized carbons (Fsp3) is 0.227. The van der Waals surface area contributed by atoms with Crippen molar-refractivity contribution in [2.75, 3.05) is 0 Å². The van der Waals surface area contributed by atoms with E-state index in [1.54, 1.807) is 6.20 Å². The number of fused-ring (bicyclic) bond motifs is 2. The SMILES string of the molecule is O=C(CCC(=O)c1ccc2c(c1)CCC2)NNC(=O)c1c[nH]c2ccccc12. The van der Waals surface area contributed by atoms with E-state index in [1.807, 2.05) is 42.5 Å². The molecule has 0 bridgehead atoms. The maximum absolute atomic E-state index is 12.3. The number of benzene rings is 2. The van der Waals surface area contributed by atoms with Crippen molar-refractivity contribution in [2.24, 2.45) is 0 Å². The fourth-order valence-electron chi connectivity index (χ4n) is 3.63. The average molecular weight is 375 g/mol. The largest absolute Gasteiger partial charge is 0.360 e. The Morgan fingerprint density at radius 1 is 0.929 bits per heavy atom. The summed E-state index contributed by atoms with van der Waals surface area (Å²) in [5, 5.41) is 0.779. The van der Waals surface area contributed by atoms with Crippen LogP contribution in [-0.4, -0.2) is 22.6 Å². The number of rotatable bonds is 5. The lowest BCUT2D eigenvalue weighted by Gasteiger charge is -2.07. The molecule has 2 amide bonds. The Hall–Kier alpha value is -3.41. The van der Waals surface area contributed by atoms with Crippen LogP contribution in [0, 0.1) is 0 Å². The third kappa shape index (κ3) is 3.67. The van der Waals surface area contributed by atoms with Gasteiger partial charge >= 0.3 is 0 Å². The second kappa shape index (κ2) is 7.68. The number of nitrogens with one attached hydrogen (secondary N) is 3. The summed E-state index contributed by atoms with van der Waals surface area (Å²) >= 11 is 0. The summed E-state index contributed by atoms with van der Waals surface area (Å²) in [4.78, 5) is 39.7. The van der Waals surface area contributed by atoms with Crippen molar-refractivity contribution in [3.05, 3.63) is 70.9 Å². The number of carbonyl (C=O) groups excluding carboxylic acids is 3. The molecule has 2 aromatic carbocycles. The number of Topliss-reactive ketones (excluding diaryl/α,β-unsaturated/α-hetero) is 1. The molecule has 1 aromatic heterocycles. The van der Waals surface area contributed by atoms with Gasteiger partial charge in [0.1, 0.15) is 0 Å². The zero-order chi connectivity index (χ0) is 19.5. The number of hydrazine groups is 1. The van der Waals surface area contributed by atoms with E-state index in [-0.39, 0.29) is 18.6 Å². The predicted molar refractivity (Wildman–Crippen MR) is 106 cm³/mol. The summed E-state index contributed by atoms with van der Waals surface area (Å²) in [6, 6.07) is 13.2. The molecule has 3 aromatic rings. The van der Waals surface area contributed by atoms with Crippen molar-refractivity contribution < 1.29 is 14.4 Å². The molecular weight excluding hydrogens is 354 g/mol. The maximum Gasteiger partial charge on any atom is 0.271 e. The highest BCUT2D eigenvalue weighted by Crippen LogP contribution is 2.23. The minimum atomic E-state index is -0.407. The third-order valence-corrected chi connectivity index (χ3v) is 5.15. The molecule has 0 saturated heterocycles. The number of hydrogen-bond acceptors (Lipinski definition) is 3. The summed E-state index contributed by atoms with van der Waals surface area (Å²) in [7, 11) is 0. The first kappa shape index (κ1) is 18.0. The van der Waals surface area contributed by atoms with Gasteiger partial charge in [-0.15, -0.1) is 0 Å². The fourth-order valence-corrected chi connectivity index (χ4v) is 3.63. The van der Waals surface area contributed by atoms with E-state index in [4.69, 9.17) is 0 Å². The molecule has 0 atom stereocenters. The quantitative estimate of drug-likeness (QED) is 0.473. The van der Waals surface area contributed by atoms with Crippen LogP contribution >= 0.6 is 0 Å². The Balaban J connectivity index is 1.28. The van der Waals surface area contributed by atoms with E-state index >= 15 is 0 Å². The van der Waals surface area contributed by atoms with Gasteiger partial charge in [0.2, 0.25) is 5.91 Å². The predicted octanol–water partition coefficient (Wildman–Crippen LogP) is 3.08. The first-order chi connectivity index (χ1) is 13.6. The number of aryl methyl sites for hydroxylation is 2. The zero-order valence-corrected chi connectivity index (χ0v) is 15.4. The molecular formula is C22H21N3O3. The maximum atomic E-state index is 12.3. The lowest BCUT2D eigenvalue weighted by atomic mass is 10.0. The Bertz CT molecular complexity index is 1070. The van der Waals surface area contributed by atoms with Crippen molar-refractivity contribution in [1.82, 2.24) is 15.8 Å². The molecule has 0 fully saturated rings. The number of hydrogen-bond donors (Lipinski definition) is 3. The summed E-state index contributed by atoms with van der Waals surface area (Å²) < 4.78 is 0. The molecule has 0 spiro atoms. The van der Waals surface area contributed by atoms with Crippen LogP contribution in [0.1, 0.15) is 51.1 Å². The highest BCUT2D eigenvalue weighted by atomic mass is 16.2. The highest BCUT2D eigenvalue weighted by molar-refractivity contribution is 6.07. The van der Waals surface area contributed by atoms with Gasteiger partial charge in [-0.25, -0.2) is 0 Å². The van der Waals surface area contributed by atoms with Gasteiger partial charge in [0.15, 0.2) is 5.78 Å². The molecule has 142 valence electrons. The number of para-hydroxylation sites is 1. The molecule has 0 aliphatic heterocycles. The number of aromatic amines is 1. The van der Waals surface area contributed by atoms with Crippen LogP contribution in [0.3, 0.4) is 0 Å². The van der Waals surface area contributed by atoms with E-state index in [0.29, 0.717) is 11.1 Å². The Morgan fingerprint density at radius 2 is 1.75 bits per heavy atom. The number of H-pyrrole nitrogens is 1. The summed E-state index contributed by atoms with van der Waals surface area (Å²) in [5.74, 6) is -0.869. The molecule has 4 rings (SSSR count). The van der Waals surface area contributed by atoms with Crippen LogP contribution in [0.4, 0.5) is 0 Å². The lowest BCUT2D eigenvalue weighted by Crippen LogP contribution is -2.41. The second-order valence-corrected chi connectivity index (χ2v) is 7.01. The monoisotopic (exact) mass is 375 g/mol. The third-order valence-electron chi connectivity index (χ3n) is 5.15. The van der Waals surface area contributed by atoms with Gasteiger partial charge in [-0.2, -0.15) is 0 Å². The van der Waals surface area contributed by atoms with Gasteiger partial charge in [-0.3, -0.25) is 25.2 Å². The molecule has 1 aliphatic rings. The van der Waals surface area contributed by atoms with E-state index in [9.17, 15) is 14.4 Å².